The van der Waals surface area contributed by atoms with Gasteiger partial charge in [-0.1, -0.05) is 29.8 Å². The SMILES string of the molecule is C[C@H](OC(=O)Cc1ccc2c(c1)CCC2)C(=O)Nc1ccc(F)cc1Cl. The van der Waals surface area contributed by atoms with Crippen LogP contribution in [0.15, 0.2) is 36.4 Å². The Morgan fingerprint density at radius 3 is 2.73 bits per heavy atom. The first kappa shape index (κ1) is 18.4. The predicted octanol–water partition coefficient (Wildman–Crippen LogP) is 4.08. The number of ether oxygens (including phenoxy) is 1. The van der Waals surface area contributed by atoms with Gasteiger partial charge in [0.2, 0.25) is 0 Å². The molecule has 1 atom stereocenters. The second-order valence-electron chi connectivity index (χ2n) is 6.38. The summed E-state index contributed by atoms with van der Waals surface area (Å²) >= 11 is 5.88. The average Bonchev–Trinajstić information content (AvgIpc) is 3.04. The Morgan fingerprint density at radius 1 is 1.19 bits per heavy atom. The molecule has 2 aromatic rings. The van der Waals surface area contributed by atoms with Gasteiger partial charge in [-0.15, -0.1) is 0 Å². The number of halogens is 2. The van der Waals surface area contributed by atoms with E-state index in [0.29, 0.717) is 0 Å². The zero-order valence-electron chi connectivity index (χ0n) is 14.4. The predicted molar refractivity (Wildman–Crippen MR) is 97.8 cm³/mol. The van der Waals surface area contributed by atoms with Gasteiger partial charge in [-0.05, 0) is 61.1 Å². The lowest BCUT2D eigenvalue weighted by Gasteiger charge is -2.14. The minimum Gasteiger partial charge on any atom is -0.452 e. The number of hydrogen-bond donors (Lipinski definition) is 1. The van der Waals surface area contributed by atoms with E-state index in [1.165, 1.54) is 30.2 Å². The van der Waals surface area contributed by atoms with Crippen molar-refractivity contribution in [3.8, 4) is 0 Å². The van der Waals surface area contributed by atoms with E-state index < -0.39 is 23.8 Å². The quantitative estimate of drug-likeness (QED) is 0.801. The maximum Gasteiger partial charge on any atom is 0.311 e. The van der Waals surface area contributed by atoms with Crippen molar-refractivity contribution in [2.24, 2.45) is 0 Å². The van der Waals surface area contributed by atoms with Crippen molar-refractivity contribution in [2.75, 3.05) is 5.32 Å². The fourth-order valence-corrected chi connectivity index (χ4v) is 3.23. The Labute approximate surface area is 156 Å². The summed E-state index contributed by atoms with van der Waals surface area (Å²) in [5.41, 5.74) is 3.77. The van der Waals surface area contributed by atoms with Gasteiger partial charge in [0.15, 0.2) is 6.10 Å². The third-order valence-corrected chi connectivity index (χ3v) is 4.69. The summed E-state index contributed by atoms with van der Waals surface area (Å²) in [6, 6.07) is 9.65. The minimum absolute atomic E-state index is 0.0787. The Bertz CT molecular complexity index is 853. The van der Waals surface area contributed by atoms with Crippen LogP contribution < -0.4 is 5.32 Å². The van der Waals surface area contributed by atoms with Crippen LogP contribution in [0.2, 0.25) is 5.02 Å². The molecule has 0 spiro atoms. The zero-order valence-corrected chi connectivity index (χ0v) is 15.1. The molecule has 0 saturated carbocycles. The zero-order chi connectivity index (χ0) is 18.7. The molecule has 0 radical (unpaired) electrons. The highest BCUT2D eigenvalue weighted by Gasteiger charge is 2.20. The number of esters is 1. The molecule has 0 fully saturated rings. The molecule has 0 aliphatic heterocycles. The Balaban J connectivity index is 1.55. The number of anilines is 1. The van der Waals surface area contributed by atoms with E-state index in [-0.39, 0.29) is 17.1 Å². The van der Waals surface area contributed by atoms with E-state index in [9.17, 15) is 14.0 Å². The van der Waals surface area contributed by atoms with E-state index in [1.807, 2.05) is 12.1 Å². The molecule has 4 nitrogen and oxygen atoms in total. The van der Waals surface area contributed by atoms with Gasteiger partial charge in [-0.3, -0.25) is 9.59 Å². The molecule has 1 N–H and O–H groups in total. The third kappa shape index (κ3) is 4.41. The summed E-state index contributed by atoms with van der Waals surface area (Å²) in [6.45, 7) is 1.48. The molecule has 2 aromatic carbocycles. The van der Waals surface area contributed by atoms with Crippen molar-refractivity contribution in [1.82, 2.24) is 0 Å². The van der Waals surface area contributed by atoms with Gasteiger partial charge < -0.3 is 10.1 Å². The summed E-state index contributed by atoms with van der Waals surface area (Å²) in [7, 11) is 0. The van der Waals surface area contributed by atoms with Crippen molar-refractivity contribution in [3.05, 3.63) is 63.9 Å². The van der Waals surface area contributed by atoms with E-state index in [0.717, 1.165) is 30.9 Å². The van der Waals surface area contributed by atoms with Crippen molar-refractivity contribution in [3.63, 3.8) is 0 Å². The topological polar surface area (TPSA) is 55.4 Å². The van der Waals surface area contributed by atoms with Gasteiger partial charge in [-0.25, -0.2) is 4.39 Å². The molecule has 0 unspecified atom stereocenters. The fourth-order valence-electron chi connectivity index (χ4n) is 3.02. The summed E-state index contributed by atoms with van der Waals surface area (Å²) in [4.78, 5) is 24.3. The number of rotatable bonds is 5. The normalized spacial score (nSPS) is 13.8. The number of carbonyl (C=O) groups excluding carboxylic acids is 2. The van der Waals surface area contributed by atoms with E-state index in [1.54, 1.807) is 0 Å². The smallest absolute Gasteiger partial charge is 0.311 e. The van der Waals surface area contributed by atoms with Crippen LogP contribution in [-0.4, -0.2) is 18.0 Å². The van der Waals surface area contributed by atoms with Crippen LogP contribution in [0.4, 0.5) is 10.1 Å². The van der Waals surface area contributed by atoms with Gasteiger partial charge >= 0.3 is 5.97 Å². The van der Waals surface area contributed by atoms with Crippen LogP contribution in [0.3, 0.4) is 0 Å². The van der Waals surface area contributed by atoms with Crippen molar-refractivity contribution < 1.29 is 18.7 Å². The van der Waals surface area contributed by atoms with Crippen LogP contribution >= 0.6 is 11.6 Å². The maximum absolute atomic E-state index is 13.0. The molecule has 0 aromatic heterocycles. The molecule has 26 heavy (non-hydrogen) atoms. The molecule has 136 valence electrons. The molecule has 0 saturated heterocycles. The molecule has 6 heteroatoms. The molecule has 1 aliphatic carbocycles. The highest BCUT2D eigenvalue weighted by Crippen LogP contribution is 2.24. The number of amides is 1. The lowest BCUT2D eigenvalue weighted by molar-refractivity contribution is -0.152. The number of carbonyl (C=O) groups is 2. The van der Waals surface area contributed by atoms with Gasteiger partial charge in [0.25, 0.3) is 5.91 Å². The molecule has 1 aliphatic rings. The van der Waals surface area contributed by atoms with Crippen molar-refractivity contribution in [1.29, 1.82) is 0 Å². The number of benzene rings is 2. The first-order chi connectivity index (χ1) is 12.4. The van der Waals surface area contributed by atoms with Crippen molar-refractivity contribution >= 4 is 29.2 Å². The summed E-state index contributed by atoms with van der Waals surface area (Å²) in [6.07, 6.45) is 2.39. The Morgan fingerprint density at radius 2 is 1.96 bits per heavy atom. The average molecular weight is 376 g/mol. The number of nitrogens with one attached hydrogen (secondary N) is 1. The Kier molecular flexibility index (Phi) is 5.57. The van der Waals surface area contributed by atoms with E-state index in [4.69, 9.17) is 16.3 Å². The molecule has 3 rings (SSSR count). The van der Waals surface area contributed by atoms with Gasteiger partial charge in [0, 0.05) is 0 Å². The number of fused-ring (bicyclic) bond motifs is 1. The van der Waals surface area contributed by atoms with E-state index >= 15 is 0 Å². The highest BCUT2D eigenvalue weighted by molar-refractivity contribution is 6.33. The van der Waals surface area contributed by atoms with Crippen LogP contribution in [0.5, 0.6) is 0 Å². The van der Waals surface area contributed by atoms with Crippen LogP contribution in [-0.2, 0) is 33.6 Å². The van der Waals surface area contributed by atoms with Gasteiger partial charge in [0.05, 0.1) is 17.1 Å². The summed E-state index contributed by atoms with van der Waals surface area (Å²) < 4.78 is 18.2. The number of hydrogen-bond acceptors (Lipinski definition) is 3. The molecular formula is C20H19ClFNO3. The monoisotopic (exact) mass is 375 g/mol. The minimum atomic E-state index is -0.988. The molecule has 0 heterocycles. The second-order valence-corrected chi connectivity index (χ2v) is 6.79. The summed E-state index contributed by atoms with van der Waals surface area (Å²) in [5, 5.41) is 2.60. The maximum atomic E-state index is 13.0. The van der Waals surface area contributed by atoms with Crippen LogP contribution in [0.1, 0.15) is 30.0 Å². The summed E-state index contributed by atoms with van der Waals surface area (Å²) in [5.74, 6) is -1.50. The van der Waals surface area contributed by atoms with Gasteiger partial charge in [-0.2, -0.15) is 0 Å². The van der Waals surface area contributed by atoms with Gasteiger partial charge in [0.1, 0.15) is 5.82 Å². The third-order valence-electron chi connectivity index (χ3n) is 4.38. The lowest BCUT2D eigenvalue weighted by atomic mass is 10.0. The van der Waals surface area contributed by atoms with E-state index in [2.05, 4.69) is 11.4 Å². The molecule has 0 bridgehead atoms. The lowest BCUT2D eigenvalue weighted by Crippen LogP contribution is -2.30. The standard InChI is InChI=1S/C20H19ClFNO3/c1-12(20(25)23-18-8-7-16(22)11-17(18)21)26-19(24)10-13-5-6-14-3-2-4-15(14)9-13/h5-9,11-12H,2-4,10H2,1H3,(H,23,25)/t12-/m0/s1. The highest BCUT2D eigenvalue weighted by atomic mass is 35.5. The Hall–Kier alpha value is -2.40. The van der Waals surface area contributed by atoms with Crippen LogP contribution in [0, 0.1) is 5.82 Å². The first-order valence-electron chi connectivity index (χ1n) is 8.48. The van der Waals surface area contributed by atoms with Crippen LogP contribution in [0.25, 0.3) is 0 Å². The van der Waals surface area contributed by atoms with Crippen molar-refractivity contribution in [2.45, 2.75) is 38.7 Å². The first-order valence-corrected chi connectivity index (χ1v) is 8.86. The largest absolute Gasteiger partial charge is 0.452 e. The molecular weight excluding hydrogens is 357 g/mol. The molecule has 1 amide bonds. The number of aryl methyl sites for hydroxylation is 2. The fraction of sp³-hybridized carbons (Fsp3) is 0.300. The second kappa shape index (κ2) is 7.87.